The number of thiophene rings is 3. The summed E-state index contributed by atoms with van der Waals surface area (Å²) in [6, 6.07) is 29.5. The van der Waals surface area contributed by atoms with Crippen molar-refractivity contribution in [1.29, 1.82) is 0 Å². The van der Waals surface area contributed by atoms with Gasteiger partial charge in [0.25, 0.3) is 47.8 Å². The molecule has 3 aromatic carbocycles. The fourth-order valence-electron chi connectivity index (χ4n) is 12.5. The van der Waals surface area contributed by atoms with Gasteiger partial charge in [-0.05, 0) is 184 Å². The van der Waals surface area contributed by atoms with Crippen molar-refractivity contribution in [3.05, 3.63) is 192 Å². The van der Waals surface area contributed by atoms with Gasteiger partial charge in [0.15, 0.2) is 0 Å². The number of amides is 12. The molecule has 614 valence electrons. The average molecular weight is 1770 g/mol. The summed E-state index contributed by atoms with van der Waals surface area (Å²) in [5.41, 5.74) is 6.13. The van der Waals surface area contributed by atoms with E-state index in [2.05, 4.69) is 56.7 Å². The van der Waals surface area contributed by atoms with Crippen LogP contribution in [-0.2, 0) is 68.5 Å². The van der Waals surface area contributed by atoms with Crippen LogP contribution in [0.3, 0.4) is 0 Å². The standard InChI is InChI=1S/C26H27ClN6O5S2.C25H25ClN6O6S2.C23H23ClN6O5S2/c27-21-7-9-24(39-21)40(37,38)31-26(36)30-19-5-8-22(29-16-19)33-23(34)15-17-14-18(4-6-20(17)25(33)35)28-10-13-32-11-2-1-3-12-32;26-20-4-6-23(39-20)40(36,37)30-25(35)29-18-2-5-21(28-15-18)32-22(33)14-16-13-17(1-3-19(16)24(32)34)27-7-8-31-9-11-38-12-10-31;1-29(2)10-9-25-15-3-5-17-14(11-15)12-20(31)30(22(17)32)19-7-4-16(13-26-19)27-23(33)28-37(34,35)21-8-6-18(24)36-21/h4-9,14,16,28H,1-3,10-13,15H2,(H2,30,31,36);1-6,13,15,27H,7-12,14H2,(H2,29,30,35);3-8,11,13,25H,9-10,12H2,1-2H3,(H2,27,28,33). The van der Waals surface area contributed by atoms with Crippen molar-refractivity contribution in [1.82, 2.24) is 43.8 Å². The van der Waals surface area contributed by atoms with Crippen LogP contribution in [0.2, 0.25) is 13.0 Å². The van der Waals surface area contributed by atoms with Gasteiger partial charge in [0.1, 0.15) is 30.1 Å². The molecule has 0 atom stereocenters. The molecular weight excluding hydrogens is 1700 g/mol. The smallest absolute Gasteiger partial charge is 0.333 e. The third-order valence-corrected chi connectivity index (χ3v) is 27.3. The second-order valence-corrected chi connectivity index (χ2v) is 37.6. The molecule has 43 heteroatoms. The molecule has 14 rings (SSSR count). The molecule has 2 saturated heterocycles. The van der Waals surface area contributed by atoms with Crippen molar-refractivity contribution in [3.8, 4) is 0 Å². The Balaban J connectivity index is 0.000000162. The first-order valence-electron chi connectivity index (χ1n) is 36.0. The predicted octanol–water partition coefficient (Wildman–Crippen LogP) is 9.72. The Morgan fingerprint density at radius 1 is 0.419 bits per heavy atom. The molecule has 5 aliphatic rings. The highest BCUT2D eigenvalue weighted by atomic mass is 35.5. The lowest BCUT2D eigenvalue weighted by molar-refractivity contribution is -0.118. The van der Waals surface area contributed by atoms with E-state index in [0.29, 0.717) is 33.4 Å². The van der Waals surface area contributed by atoms with Crippen molar-refractivity contribution >= 4 is 204 Å². The van der Waals surface area contributed by atoms with Crippen molar-refractivity contribution in [2.75, 3.05) is 139 Å². The molecule has 0 spiro atoms. The minimum atomic E-state index is -4.10. The van der Waals surface area contributed by atoms with Crippen LogP contribution in [-0.4, -0.2) is 201 Å². The number of aromatic nitrogens is 3. The number of halogens is 3. The first kappa shape index (κ1) is 85.8. The lowest BCUT2D eigenvalue weighted by Gasteiger charge is -2.27. The molecule has 0 bridgehead atoms. The Kier molecular flexibility index (Phi) is 28.0. The minimum Gasteiger partial charge on any atom is -0.384 e. The van der Waals surface area contributed by atoms with Crippen molar-refractivity contribution in [2.45, 2.75) is 51.2 Å². The van der Waals surface area contributed by atoms with E-state index in [1.54, 1.807) is 36.4 Å². The highest BCUT2D eigenvalue weighted by Gasteiger charge is 2.37. The number of morpholine rings is 1. The van der Waals surface area contributed by atoms with Gasteiger partial charge in [0.2, 0.25) is 17.7 Å². The Labute approximate surface area is 698 Å². The Morgan fingerprint density at radius 2 is 0.735 bits per heavy atom. The van der Waals surface area contributed by atoms with Crippen molar-refractivity contribution in [2.24, 2.45) is 0 Å². The van der Waals surface area contributed by atoms with E-state index in [1.165, 1.54) is 111 Å². The second kappa shape index (κ2) is 38.2. The van der Waals surface area contributed by atoms with E-state index in [4.69, 9.17) is 39.5 Å². The number of piperidine rings is 1. The molecule has 117 heavy (non-hydrogen) atoms. The fraction of sp³-hybridized carbons (Fsp3) is 0.270. The molecule has 6 aromatic heterocycles. The first-order chi connectivity index (χ1) is 55.9. The summed E-state index contributed by atoms with van der Waals surface area (Å²) < 4.78 is 85.2. The Morgan fingerprint density at radius 3 is 1.03 bits per heavy atom. The maximum absolute atomic E-state index is 13.2. The fourth-order valence-corrected chi connectivity index (χ4v) is 19.7. The number of carbonyl (C=O) groups is 9. The minimum absolute atomic E-state index is 0.0226. The zero-order valence-electron chi connectivity index (χ0n) is 62.2. The summed E-state index contributed by atoms with van der Waals surface area (Å²) in [6.45, 7) is 10.4. The number of sulfonamides is 3. The monoisotopic (exact) mass is 1770 g/mol. The number of ether oxygens (including phenoxy) is 1. The molecule has 5 aliphatic heterocycles. The molecule has 9 N–H and O–H groups in total. The molecule has 0 radical (unpaired) electrons. The van der Waals surface area contributed by atoms with E-state index >= 15 is 0 Å². The molecule has 0 unspecified atom stereocenters. The van der Waals surface area contributed by atoms with Crippen LogP contribution in [0.1, 0.15) is 67.0 Å². The highest BCUT2D eigenvalue weighted by molar-refractivity contribution is 7.93. The number of likely N-dealkylation sites (tertiary alicyclic amines) is 1. The number of urea groups is 3. The number of fused-ring (bicyclic) bond motifs is 3. The number of nitrogens with zero attached hydrogens (tertiary/aromatic N) is 9. The van der Waals surface area contributed by atoms with Gasteiger partial charge < -0.3 is 46.4 Å². The van der Waals surface area contributed by atoms with Crippen LogP contribution in [0.15, 0.2) is 159 Å². The van der Waals surface area contributed by atoms with Gasteiger partial charge in [0.05, 0.1) is 81.1 Å². The van der Waals surface area contributed by atoms with Gasteiger partial charge in [-0.15, -0.1) is 34.0 Å². The molecule has 12 amide bonds. The van der Waals surface area contributed by atoms with Gasteiger partial charge in [-0.25, -0.2) is 83.5 Å². The van der Waals surface area contributed by atoms with Crippen LogP contribution < -0.4 is 60.8 Å². The van der Waals surface area contributed by atoms with Gasteiger partial charge in [-0.3, -0.25) is 33.7 Å². The topological polar surface area (TPSA) is 432 Å². The molecule has 34 nitrogen and oxygen atoms in total. The molecular formula is C74H75Cl3N18O16S6. The molecule has 9 aromatic rings. The maximum Gasteiger partial charge on any atom is 0.333 e. The summed E-state index contributed by atoms with van der Waals surface area (Å²) in [5.74, 6) is -2.52. The number of nitrogens with one attached hydrogen (secondary N) is 9. The van der Waals surface area contributed by atoms with Crippen molar-refractivity contribution < 1.29 is 73.1 Å². The zero-order valence-corrected chi connectivity index (χ0v) is 69.4. The number of hydrogen-bond donors (Lipinski definition) is 9. The summed E-state index contributed by atoms with van der Waals surface area (Å²) in [6.07, 6.45) is 7.53. The van der Waals surface area contributed by atoms with E-state index < -0.39 is 83.6 Å². The summed E-state index contributed by atoms with van der Waals surface area (Å²) in [4.78, 5) is 137. The van der Waals surface area contributed by atoms with E-state index in [9.17, 15) is 68.4 Å². The van der Waals surface area contributed by atoms with Crippen LogP contribution in [0, 0.1) is 0 Å². The number of anilines is 9. The Bertz CT molecular complexity index is 5390. The summed E-state index contributed by atoms with van der Waals surface area (Å²) in [7, 11) is -8.34. The van der Waals surface area contributed by atoms with E-state index in [0.717, 1.165) is 144 Å². The normalized spacial score (nSPS) is 15.2. The molecule has 0 saturated carbocycles. The lowest BCUT2D eigenvalue weighted by Crippen LogP contribution is -2.43. The summed E-state index contributed by atoms with van der Waals surface area (Å²) >= 11 is 19.7. The van der Waals surface area contributed by atoms with Gasteiger partial charge in [-0.2, -0.15) is 0 Å². The zero-order chi connectivity index (χ0) is 83.3. The largest absolute Gasteiger partial charge is 0.384 e. The quantitative estimate of drug-likeness (QED) is 0.0254. The van der Waals surface area contributed by atoms with Crippen LogP contribution in [0.5, 0.6) is 0 Å². The van der Waals surface area contributed by atoms with E-state index in [1.807, 2.05) is 51.4 Å². The van der Waals surface area contributed by atoms with Crippen LogP contribution >= 0.6 is 68.8 Å². The number of pyridine rings is 3. The summed E-state index contributed by atoms with van der Waals surface area (Å²) in [5, 5.41) is 17.1. The van der Waals surface area contributed by atoms with Gasteiger partial charge >= 0.3 is 18.1 Å². The lowest BCUT2D eigenvalue weighted by atomic mass is 9.97. The predicted molar refractivity (Wildman–Crippen MR) is 446 cm³/mol. The van der Waals surface area contributed by atoms with E-state index in [-0.39, 0.29) is 79.4 Å². The van der Waals surface area contributed by atoms with Gasteiger partial charge in [0, 0.05) is 86.1 Å². The number of carbonyl (C=O) groups excluding carboxylic acids is 9. The Hall–Kier alpha value is -10.6. The van der Waals surface area contributed by atoms with Crippen LogP contribution in [0.25, 0.3) is 0 Å². The average Bonchev–Trinajstić information content (AvgIpc) is 1.68. The maximum atomic E-state index is 13.2. The number of benzene rings is 3. The van der Waals surface area contributed by atoms with Gasteiger partial charge in [-0.1, -0.05) is 41.2 Å². The molecule has 11 heterocycles. The third kappa shape index (κ3) is 22.4. The molecule has 0 aliphatic carbocycles. The third-order valence-electron chi connectivity index (χ3n) is 18.2. The number of hydrogen-bond acceptors (Lipinski definition) is 28. The number of rotatable bonds is 24. The van der Waals surface area contributed by atoms with Crippen LogP contribution in [0.4, 0.5) is 66.0 Å². The first-order valence-corrected chi connectivity index (χ1v) is 44.0. The second-order valence-electron chi connectivity index (χ2n) is 26.8. The highest BCUT2D eigenvalue weighted by Crippen LogP contribution is 2.34. The number of imide groups is 3. The molecule has 2 fully saturated rings. The van der Waals surface area contributed by atoms with Crippen molar-refractivity contribution in [3.63, 3.8) is 0 Å². The SMILES string of the molecule is CN(C)CCNc1ccc2c(c1)CC(=O)N(c1ccc(NC(=O)NS(=O)(=O)c3ccc(Cl)s3)cn1)C2=O.O=C(Nc1ccc(N2C(=O)Cc3cc(NCCN4CCCCC4)ccc3C2=O)nc1)NS(=O)(=O)c1ccc(Cl)s1.O=C(Nc1ccc(N2C(=O)Cc3cc(NCCN4CCOCC4)ccc3C2=O)nc1)NS(=O)(=O)c1ccc(Cl)s1. The number of likely N-dealkylation sites (N-methyl/N-ethyl adjacent to an activating group) is 1.